The van der Waals surface area contributed by atoms with E-state index in [0.717, 1.165) is 37.1 Å². The molecule has 0 spiro atoms. The van der Waals surface area contributed by atoms with Gasteiger partial charge in [0.05, 0.1) is 35.3 Å². The zero-order valence-electron chi connectivity index (χ0n) is 29.2. The zero-order valence-corrected chi connectivity index (χ0v) is 30.0. The van der Waals surface area contributed by atoms with Gasteiger partial charge in [-0.3, -0.25) is 14.4 Å². The summed E-state index contributed by atoms with van der Waals surface area (Å²) in [6, 6.07) is 7.98. The first kappa shape index (κ1) is 38.4. The molecule has 252 valence electrons. The number of aromatic nitrogens is 1. The summed E-state index contributed by atoms with van der Waals surface area (Å²) in [6.07, 6.45) is 3.10. The van der Waals surface area contributed by atoms with Gasteiger partial charge in [-0.2, -0.15) is 0 Å². The molecule has 10 heteroatoms. The van der Waals surface area contributed by atoms with Crippen molar-refractivity contribution >= 4 is 29.6 Å². The van der Waals surface area contributed by atoms with E-state index in [0.29, 0.717) is 26.2 Å². The monoisotopic (exact) mass is 643 g/mol. The Morgan fingerprint density at radius 3 is 2.22 bits per heavy atom. The van der Waals surface area contributed by atoms with E-state index in [-0.39, 0.29) is 40.1 Å². The van der Waals surface area contributed by atoms with Gasteiger partial charge in [-0.1, -0.05) is 72.7 Å². The third kappa shape index (κ3) is 12.1. The predicted octanol–water partition coefficient (Wildman–Crippen LogP) is 5.87. The van der Waals surface area contributed by atoms with Crippen LogP contribution in [0.15, 0.2) is 29.8 Å². The van der Waals surface area contributed by atoms with Gasteiger partial charge in [0.2, 0.25) is 18.2 Å². The van der Waals surface area contributed by atoms with E-state index < -0.39 is 6.04 Å². The molecule has 1 aromatic heterocycles. The molecule has 3 rings (SSSR count). The first-order valence-electron chi connectivity index (χ1n) is 16.0. The van der Waals surface area contributed by atoms with Gasteiger partial charge < -0.3 is 26.0 Å². The second kappa shape index (κ2) is 16.7. The molecule has 45 heavy (non-hydrogen) atoms. The van der Waals surface area contributed by atoms with Crippen LogP contribution >= 0.6 is 11.3 Å². The fourth-order valence-electron chi connectivity index (χ4n) is 5.14. The quantitative estimate of drug-likeness (QED) is 0.234. The highest BCUT2D eigenvalue weighted by Gasteiger charge is 2.39. The topological polar surface area (TPSA) is 127 Å². The predicted molar refractivity (Wildman–Crippen MR) is 184 cm³/mol. The van der Waals surface area contributed by atoms with Gasteiger partial charge in [0.1, 0.15) is 6.04 Å². The van der Waals surface area contributed by atoms with Crippen LogP contribution < -0.4 is 16.4 Å². The van der Waals surface area contributed by atoms with E-state index >= 15 is 0 Å². The normalized spacial score (nSPS) is 16.8. The van der Waals surface area contributed by atoms with E-state index in [2.05, 4.69) is 48.5 Å². The van der Waals surface area contributed by atoms with E-state index in [4.69, 9.17) is 10.5 Å². The minimum atomic E-state index is -0.520. The maximum Gasteiger partial charge on any atom is 0.245 e. The van der Waals surface area contributed by atoms with Crippen LogP contribution in [0.5, 0.6) is 0 Å². The van der Waals surface area contributed by atoms with Crippen molar-refractivity contribution < 1.29 is 19.1 Å². The lowest BCUT2D eigenvalue weighted by atomic mass is 9.84. The number of ether oxygens (including phenoxy) is 1. The molecule has 4 N–H and O–H groups in total. The molecule has 3 unspecified atom stereocenters. The third-order valence-corrected chi connectivity index (χ3v) is 9.15. The molecule has 0 saturated carbocycles. The lowest BCUT2D eigenvalue weighted by molar-refractivity contribution is -0.140. The van der Waals surface area contributed by atoms with Crippen LogP contribution in [0.2, 0.25) is 0 Å². The Kier molecular flexibility index (Phi) is 14.2. The molecule has 3 atom stereocenters. The number of aryl methyl sites for hydroxylation is 1. The first-order chi connectivity index (χ1) is 20.9. The van der Waals surface area contributed by atoms with Crippen molar-refractivity contribution in [2.24, 2.45) is 22.0 Å². The summed E-state index contributed by atoms with van der Waals surface area (Å²) in [4.78, 5) is 43.6. The van der Waals surface area contributed by atoms with Crippen molar-refractivity contribution in [1.82, 2.24) is 20.5 Å². The third-order valence-electron chi connectivity index (χ3n) is 8.17. The molecule has 1 saturated heterocycles. The fourth-order valence-corrected chi connectivity index (χ4v) is 5.95. The van der Waals surface area contributed by atoms with Crippen molar-refractivity contribution in [3.8, 4) is 10.4 Å². The average molecular weight is 644 g/mol. The summed E-state index contributed by atoms with van der Waals surface area (Å²) < 4.78 is 5.83. The molecule has 2 aromatic rings. The number of nitrogens with zero attached hydrogens (tertiary/aromatic N) is 2. The molecule has 1 aliphatic rings. The van der Waals surface area contributed by atoms with Gasteiger partial charge in [0.25, 0.3) is 0 Å². The highest BCUT2D eigenvalue weighted by molar-refractivity contribution is 7.13. The number of carbonyl (C=O) groups excluding carboxylic acids is 3. The summed E-state index contributed by atoms with van der Waals surface area (Å²) in [6.45, 7) is 22.6. The largest absolute Gasteiger partial charge is 0.380 e. The van der Waals surface area contributed by atoms with Crippen LogP contribution in [-0.2, 0) is 19.1 Å². The number of nitrogens with one attached hydrogen (secondary N) is 2. The van der Waals surface area contributed by atoms with Gasteiger partial charge >= 0.3 is 0 Å². The van der Waals surface area contributed by atoms with Crippen LogP contribution in [0, 0.1) is 23.2 Å². The molecule has 0 radical (unpaired) electrons. The van der Waals surface area contributed by atoms with Crippen molar-refractivity contribution in [2.45, 2.75) is 107 Å². The lowest BCUT2D eigenvalue weighted by Gasteiger charge is -2.36. The van der Waals surface area contributed by atoms with Crippen molar-refractivity contribution in [2.75, 3.05) is 26.3 Å². The Balaban J connectivity index is 0.000000351. The number of thiazole rings is 1. The number of nitrogens with two attached hydrogens (primary N) is 1. The molecular weight excluding hydrogens is 586 g/mol. The fraction of sp³-hybridized carbons (Fsp3) is 0.657. The number of amides is 3. The second-order valence-corrected chi connectivity index (χ2v) is 15.8. The second-order valence-electron chi connectivity index (χ2n) is 15.0. The summed E-state index contributed by atoms with van der Waals surface area (Å²) >= 11 is 1.64. The van der Waals surface area contributed by atoms with E-state index in [1.807, 2.05) is 71.0 Å². The van der Waals surface area contributed by atoms with E-state index in [9.17, 15) is 14.4 Å². The summed E-state index contributed by atoms with van der Waals surface area (Å²) in [5.41, 5.74) is 10.2. The molecule has 1 fully saturated rings. The van der Waals surface area contributed by atoms with Gasteiger partial charge in [-0.15, -0.1) is 11.3 Å². The molecule has 2 heterocycles. The number of benzene rings is 1. The summed E-state index contributed by atoms with van der Waals surface area (Å²) in [5, 5.41) is 5.76. The molecule has 0 aliphatic carbocycles. The Morgan fingerprint density at radius 1 is 1.11 bits per heavy atom. The number of carbonyl (C=O) groups is 3. The Hall–Kier alpha value is -2.82. The van der Waals surface area contributed by atoms with E-state index in [1.165, 1.54) is 10.4 Å². The van der Waals surface area contributed by atoms with Crippen molar-refractivity contribution in [3.63, 3.8) is 0 Å². The number of hydrogen-bond acceptors (Lipinski definition) is 7. The highest BCUT2D eigenvalue weighted by Crippen LogP contribution is 2.29. The molecule has 0 bridgehead atoms. The number of hydrogen-bond donors (Lipinski definition) is 3. The average Bonchev–Trinajstić information content (AvgIpc) is 3.58. The first-order valence-corrected chi connectivity index (χ1v) is 16.9. The van der Waals surface area contributed by atoms with E-state index in [1.54, 1.807) is 11.3 Å². The zero-order chi connectivity index (χ0) is 34.0. The van der Waals surface area contributed by atoms with Crippen LogP contribution in [0.1, 0.15) is 98.9 Å². The molecular formula is C35H57N5O4S. The molecule has 9 nitrogen and oxygen atoms in total. The number of rotatable bonds is 13. The Labute approximate surface area is 275 Å². The van der Waals surface area contributed by atoms with Crippen LogP contribution in [0.25, 0.3) is 10.4 Å². The maximum atomic E-state index is 13.1. The van der Waals surface area contributed by atoms with Crippen molar-refractivity contribution in [3.05, 3.63) is 41.0 Å². The summed E-state index contributed by atoms with van der Waals surface area (Å²) in [7, 11) is 0. The van der Waals surface area contributed by atoms with Gasteiger partial charge in [0, 0.05) is 24.4 Å². The number of likely N-dealkylation sites (tertiary alicyclic amines) is 1. The smallest absolute Gasteiger partial charge is 0.245 e. The van der Waals surface area contributed by atoms with Crippen LogP contribution in [0.3, 0.4) is 0 Å². The van der Waals surface area contributed by atoms with Gasteiger partial charge in [0.15, 0.2) is 0 Å². The standard InChI is InChI=1S/C22H43N3O3.C13H14N2OS/c1-16-10-9-11-25(16)19(27)18(20(2,3)4)24-17(26)12-21(5,6)14-28-15-22(7,8)13-23;1-9(14-7-16)11-3-5-12(6-4-11)13-10(2)15-8-17-13/h16,18H,9-15,23H2,1-8H3,(H,24,26);3-9H,1-2H3,(H,14,16). The minimum absolute atomic E-state index is 0.0320. The Bertz CT molecular complexity index is 1240. The SMILES string of the molecule is CC1CCCN1C(=O)C(NC(=O)CC(C)(C)COCC(C)(C)CN)C(C)(C)C.Cc1ncsc1-c1ccc(C(C)NC=O)cc1. The highest BCUT2D eigenvalue weighted by atomic mass is 32.1. The molecule has 1 aromatic carbocycles. The molecule has 3 amide bonds. The van der Waals surface area contributed by atoms with Crippen LogP contribution in [0.4, 0.5) is 0 Å². The minimum Gasteiger partial charge on any atom is -0.380 e. The maximum absolute atomic E-state index is 13.1. The van der Waals surface area contributed by atoms with Crippen molar-refractivity contribution in [1.29, 1.82) is 0 Å². The van der Waals surface area contributed by atoms with Gasteiger partial charge in [-0.25, -0.2) is 4.98 Å². The Morgan fingerprint density at radius 2 is 1.73 bits per heavy atom. The lowest BCUT2D eigenvalue weighted by Crippen LogP contribution is -2.55. The summed E-state index contributed by atoms with van der Waals surface area (Å²) in [5.74, 6) is -0.0728. The van der Waals surface area contributed by atoms with Gasteiger partial charge in [-0.05, 0) is 62.1 Å². The molecule has 1 aliphatic heterocycles. The van der Waals surface area contributed by atoms with Crippen LogP contribution in [-0.4, -0.2) is 66.5 Å².